The minimum absolute atomic E-state index is 0.129. The van der Waals surface area contributed by atoms with Gasteiger partial charge in [0.05, 0.1) is 5.75 Å². The van der Waals surface area contributed by atoms with Crippen molar-refractivity contribution in [2.24, 2.45) is 0 Å². The summed E-state index contributed by atoms with van der Waals surface area (Å²) in [6, 6.07) is 13.2. The number of ether oxygens (including phenoxy) is 1. The number of halogens is 1. The summed E-state index contributed by atoms with van der Waals surface area (Å²) in [5, 5.41) is 11.0. The van der Waals surface area contributed by atoms with E-state index in [4.69, 9.17) is 9.15 Å². The molecule has 2 aromatic carbocycles. The Labute approximate surface area is 172 Å². The highest BCUT2D eigenvalue weighted by atomic mass is 32.2. The number of nitrogens with zero attached hydrogens (tertiary/aromatic N) is 3. The lowest BCUT2D eigenvalue weighted by atomic mass is 10.2. The maximum atomic E-state index is 13.0. The van der Waals surface area contributed by atoms with E-state index in [1.807, 2.05) is 43.3 Å². The van der Waals surface area contributed by atoms with E-state index in [1.165, 1.54) is 24.3 Å². The van der Waals surface area contributed by atoms with Gasteiger partial charge in [-0.2, -0.15) is 0 Å². The SMILES string of the molecule is C[C@H](Oc1ccc(F)cc1)c1nnc(SCC(=O)Nc2ccc(N(C)C)cc2)o1. The van der Waals surface area contributed by atoms with Crippen LogP contribution >= 0.6 is 11.8 Å². The molecule has 9 heteroatoms. The zero-order valence-corrected chi connectivity index (χ0v) is 17.1. The molecule has 1 heterocycles. The Bertz CT molecular complexity index is 945. The number of nitrogens with one attached hydrogen (secondary N) is 1. The van der Waals surface area contributed by atoms with Gasteiger partial charge in [0, 0.05) is 25.5 Å². The van der Waals surface area contributed by atoms with Gasteiger partial charge in [-0.3, -0.25) is 4.79 Å². The minimum atomic E-state index is -0.508. The van der Waals surface area contributed by atoms with Gasteiger partial charge in [0.2, 0.25) is 5.91 Å². The number of thioether (sulfide) groups is 1. The van der Waals surface area contributed by atoms with Gasteiger partial charge in [-0.25, -0.2) is 4.39 Å². The zero-order valence-electron chi connectivity index (χ0n) is 16.3. The van der Waals surface area contributed by atoms with E-state index >= 15 is 0 Å². The summed E-state index contributed by atoms with van der Waals surface area (Å²) in [6.07, 6.45) is -0.508. The fourth-order valence-electron chi connectivity index (χ4n) is 2.38. The average Bonchev–Trinajstić information content (AvgIpc) is 3.18. The second kappa shape index (κ2) is 9.42. The normalized spacial score (nSPS) is 11.7. The molecule has 0 aliphatic carbocycles. The van der Waals surface area contributed by atoms with Crippen molar-refractivity contribution in [3.05, 3.63) is 60.2 Å². The molecule has 0 saturated heterocycles. The maximum absolute atomic E-state index is 13.0. The van der Waals surface area contributed by atoms with Gasteiger partial charge in [-0.15, -0.1) is 10.2 Å². The summed E-state index contributed by atoms with van der Waals surface area (Å²) in [5.41, 5.74) is 1.77. The van der Waals surface area contributed by atoms with Crippen LogP contribution in [-0.4, -0.2) is 36.0 Å². The molecule has 0 spiro atoms. The van der Waals surface area contributed by atoms with E-state index in [-0.39, 0.29) is 28.6 Å². The first kappa shape index (κ1) is 20.7. The average molecular weight is 416 g/mol. The molecule has 0 fully saturated rings. The summed E-state index contributed by atoms with van der Waals surface area (Å²) < 4.78 is 24.1. The van der Waals surface area contributed by atoms with Crippen molar-refractivity contribution in [3.8, 4) is 5.75 Å². The van der Waals surface area contributed by atoms with Crippen LogP contribution in [0.1, 0.15) is 18.9 Å². The number of aromatic nitrogens is 2. The highest BCUT2D eigenvalue weighted by Gasteiger charge is 2.17. The fraction of sp³-hybridized carbons (Fsp3) is 0.250. The van der Waals surface area contributed by atoms with Crippen LogP contribution in [0.3, 0.4) is 0 Å². The molecule has 3 aromatic rings. The fourth-order valence-corrected chi connectivity index (χ4v) is 2.95. The Balaban J connectivity index is 1.49. The molecule has 152 valence electrons. The topological polar surface area (TPSA) is 80.5 Å². The standard InChI is InChI=1S/C20H21FN4O3S/c1-13(27-17-10-4-14(21)5-11-17)19-23-24-20(28-19)29-12-18(26)22-15-6-8-16(9-7-15)25(2)3/h4-11,13H,12H2,1-3H3,(H,22,26)/t13-/m0/s1. The van der Waals surface area contributed by atoms with E-state index in [1.54, 1.807) is 6.92 Å². The van der Waals surface area contributed by atoms with Crippen molar-refractivity contribution < 1.29 is 18.3 Å². The van der Waals surface area contributed by atoms with Gasteiger partial charge < -0.3 is 19.4 Å². The Morgan fingerprint density at radius 1 is 1.17 bits per heavy atom. The number of rotatable bonds is 8. The van der Waals surface area contributed by atoms with E-state index in [0.29, 0.717) is 11.4 Å². The van der Waals surface area contributed by atoms with Gasteiger partial charge in [0.25, 0.3) is 11.1 Å². The molecule has 1 aromatic heterocycles. The molecule has 3 rings (SSSR count). The Kier molecular flexibility index (Phi) is 6.71. The Morgan fingerprint density at radius 3 is 2.52 bits per heavy atom. The first-order valence-electron chi connectivity index (χ1n) is 8.86. The van der Waals surface area contributed by atoms with Crippen LogP contribution in [0.4, 0.5) is 15.8 Å². The molecule has 0 aliphatic rings. The zero-order chi connectivity index (χ0) is 20.8. The summed E-state index contributed by atoms with van der Waals surface area (Å²) in [4.78, 5) is 14.1. The van der Waals surface area contributed by atoms with Gasteiger partial charge in [-0.05, 0) is 55.5 Å². The molecule has 0 aliphatic heterocycles. The van der Waals surface area contributed by atoms with Crippen LogP contribution in [0, 0.1) is 5.82 Å². The third-order valence-corrected chi connectivity index (χ3v) is 4.71. The molecule has 0 radical (unpaired) electrons. The molecule has 1 N–H and O–H groups in total. The largest absolute Gasteiger partial charge is 0.481 e. The molecule has 0 bridgehead atoms. The molecule has 1 amide bonds. The smallest absolute Gasteiger partial charge is 0.277 e. The Morgan fingerprint density at radius 2 is 1.86 bits per heavy atom. The van der Waals surface area contributed by atoms with Crippen molar-refractivity contribution >= 4 is 29.0 Å². The van der Waals surface area contributed by atoms with Gasteiger partial charge in [0.1, 0.15) is 11.6 Å². The first-order chi connectivity index (χ1) is 13.9. The molecule has 0 saturated carbocycles. The summed E-state index contributed by atoms with van der Waals surface area (Å²) in [6.45, 7) is 1.75. The number of benzene rings is 2. The summed E-state index contributed by atoms with van der Waals surface area (Å²) in [7, 11) is 3.91. The van der Waals surface area contributed by atoms with Crippen LogP contribution in [0.25, 0.3) is 0 Å². The van der Waals surface area contributed by atoms with Gasteiger partial charge in [0.15, 0.2) is 6.10 Å². The van der Waals surface area contributed by atoms with Crippen LogP contribution < -0.4 is 15.0 Å². The molecule has 7 nitrogen and oxygen atoms in total. The second-order valence-electron chi connectivity index (χ2n) is 6.40. The van der Waals surface area contributed by atoms with Crippen molar-refractivity contribution in [2.75, 3.05) is 30.1 Å². The number of carbonyl (C=O) groups is 1. The predicted molar refractivity (Wildman–Crippen MR) is 110 cm³/mol. The van der Waals surface area contributed by atoms with E-state index < -0.39 is 6.10 Å². The van der Waals surface area contributed by atoms with Gasteiger partial charge >= 0.3 is 0 Å². The Hall–Kier alpha value is -3.07. The number of anilines is 2. The second-order valence-corrected chi connectivity index (χ2v) is 7.32. The molecular weight excluding hydrogens is 395 g/mol. The van der Waals surface area contributed by atoms with Gasteiger partial charge in [-0.1, -0.05) is 11.8 Å². The van der Waals surface area contributed by atoms with Crippen molar-refractivity contribution in [2.45, 2.75) is 18.3 Å². The van der Waals surface area contributed by atoms with E-state index in [2.05, 4.69) is 15.5 Å². The minimum Gasteiger partial charge on any atom is -0.481 e. The van der Waals surface area contributed by atoms with E-state index in [0.717, 1.165) is 17.4 Å². The molecule has 29 heavy (non-hydrogen) atoms. The number of amides is 1. The lowest BCUT2D eigenvalue weighted by Gasteiger charge is -2.12. The van der Waals surface area contributed by atoms with Crippen LogP contribution in [0.15, 0.2) is 58.2 Å². The van der Waals surface area contributed by atoms with Crippen LogP contribution in [0.5, 0.6) is 5.75 Å². The van der Waals surface area contributed by atoms with Crippen molar-refractivity contribution in [3.63, 3.8) is 0 Å². The summed E-state index contributed by atoms with van der Waals surface area (Å²) in [5.74, 6) is 0.378. The van der Waals surface area contributed by atoms with Crippen molar-refractivity contribution in [1.82, 2.24) is 10.2 Å². The number of hydrogen-bond acceptors (Lipinski definition) is 7. The lowest BCUT2D eigenvalue weighted by molar-refractivity contribution is -0.113. The number of hydrogen-bond donors (Lipinski definition) is 1. The molecule has 1 atom stereocenters. The van der Waals surface area contributed by atoms with Crippen LogP contribution in [0.2, 0.25) is 0 Å². The maximum Gasteiger partial charge on any atom is 0.277 e. The number of carbonyl (C=O) groups excluding carboxylic acids is 1. The quantitative estimate of drug-likeness (QED) is 0.553. The monoisotopic (exact) mass is 416 g/mol. The van der Waals surface area contributed by atoms with Crippen LogP contribution in [-0.2, 0) is 4.79 Å². The van der Waals surface area contributed by atoms with Crippen molar-refractivity contribution in [1.29, 1.82) is 0 Å². The third-order valence-electron chi connectivity index (χ3n) is 3.89. The molecule has 0 unspecified atom stereocenters. The summed E-state index contributed by atoms with van der Waals surface area (Å²) >= 11 is 1.14. The predicted octanol–water partition coefficient (Wildman–Crippen LogP) is 4.15. The highest BCUT2D eigenvalue weighted by Crippen LogP contribution is 2.24. The third kappa shape index (κ3) is 5.95. The highest BCUT2D eigenvalue weighted by molar-refractivity contribution is 7.99. The van der Waals surface area contributed by atoms with E-state index in [9.17, 15) is 9.18 Å². The molecular formula is C20H21FN4O3S. The lowest BCUT2D eigenvalue weighted by Crippen LogP contribution is -2.14. The first-order valence-corrected chi connectivity index (χ1v) is 9.85.